The third kappa shape index (κ3) is 2.22. The van der Waals surface area contributed by atoms with Crippen LogP contribution in [0.2, 0.25) is 10.0 Å². The van der Waals surface area contributed by atoms with Gasteiger partial charge in [0.25, 0.3) is 0 Å². The highest BCUT2D eigenvalue weighted by Gasteiger charge is 2.39. The van der Waals surface area contributed by atoms with Crippen molar-refractivity contribution in [2.75, 3.05) is 0 Å². The van der Waals surface area contributed by atoms with Crippen molar-refractivity contribution >= 4 is 34.1 Å². The van der Waals surface area contributed by atoms with E-state index in [1.54, 1.807) is 0 Å². The Morgan fingerprint density at radius 3 is 2.35 bits per heavy atom. The molecule has 1 unspecified atom stereocenters. The first-order chi connectivity index (χ1) is 7.80. The van der Waals surface area contributed by atoms with E-state index in [0.717, 1.165) is 0 Å². The number of rotatable bonds is 1. The molecule has 0 aliphatic rings. The molecule has 3 N–H and O–H groups in total. The summed E-state index contributed by atoms with van der Waals surface area (Å²) >= 11 is 11.5. The van der Waals surface area contributed by atoms with Gasteiger partial charge in [-0.3, -0.25) is 0 Å². The first kappa shape index (κ1) is 12.5. The first-order valence-electron chi connectivity index (χ1n) is 4.59. The maximum atomic E-state index is 12.5. The van der Waals surface area contributed by atoms with Gasteiger partial charge in [-0.2, -0.15) is 13.2 Å². The molecule has 1 atom stereocenters. The van der Waals surface area contributed by atoms with Gasteiger partial charge in [-0.25, -0.2) is 0 Å². The summed E-state index contributed by atoms with van der Waals surface area (Å²) in [6.45, 7) is 0. The highest BCUT2D eigenvalue weighted by atomic mass is 35.5. The summed E-state index contributed by atoms with van der Waals surface area (Å²) in [5.74, 6) is 0. The van der Waals surface area contributed by atoms with Gasteiger partial charge in [0.05, 0.1) is 10.0 Å². The van der Waals surface area contributed by atoms with E-state index in [0.29, 0.717) is 10.9 Å². The van der Waals surface area contributed by atoms with E-state index in [1.165, 1.54) is 18.3 Å². The van der Waals surface area contributed by atoms with Crippen LogP contribution >= 0.6 is 23.2 Å². The topological polar surface area (TPSA) is 41.8 Å². The van der Waals surface area contributed by atoms with Crippen LogP contribution < -0.4 is 5.73 Å². The molecule has 0 radical (unpaired) electrons. The number of fused-ring (bicyclic) bond motifs is 1. The SMILES string of the molecule is NC(c1c[nH]c2cc(Cl)c(Cl)cc12)C(F)(F)F. The second-order valence-electron chi connectivity index (χ2n) is 3.58. The smallest absolute Gasteiger partial charge is 0.361 e. The zero-order chi connectivity index (χ0) is 12.8. The van der Waals surface area contributed by atoms with Gasteiger partial charge in [-0.15, -0.1) is 0 Å². The Morgan fingerprint density at radius 2 is 1.76 bits per heavy atom. The Morgan fingerprint density at radius 1 is 1.18 bits per heavy atom. The molecule has 7 heteroatoms. The number of benzene rings is 1. The van der Waals surface area contributed by atoms with Gasteiger partial charge in [0.2, 0.25) is 0 Å². The van der Waals surface area contributed by atoms with Crippen molar-refractivity contribution in [1.29, 1.82) is 0 Å². The second-order valence-corrected chi connectivity index (χ2v) is 4.39. The fraction of sp³-hybridized carbons (Fsp3) is 0.200. The van der Waals surface area contributed by atoms with Crippen molar-refractivity contribution < 1.29 is 13.2 Å². The van der Waals surface area contributed by atoms with Crippen molar-refractivity contribution in [3.05, 3.63) is 33.9 Å². The number of hydrogen-bond acceptors (Lipinski definition) is 1. The zero-order valence-corrected chi connectivity index (χ0v) is 9.79. The predicted octanol–water partition coefficient (Wildman–Crippen LogP) is 4.04. The summed E-state index contributed by atoms with van der Waals surface area (Å²) in [7, 11) is 0. The lowest BCUT2D eigenvalue weighted by molar-refractivity contribution is -0.148. The van der Waals surface area contributed by atoms with Crippen LogP contribution in [0.4, 0.5) is 13.2 Å². The fourth-order valence-electron chi connectivity index (χ4n) is 1.57. The van der Waals surface area contributed by atoms with Crippen LogP contribution in [0.5, 0.6) is 0 Å². The van der Waals surface area contributed by atoms with Crippen LogP contribution in [0.15, 0.2) is 18.3 Å². The normalized spacial score (nSPS) is 14.2. The Balaban J connectivity index is 2.60. The quantitative estimate of drug-likeness (QED) is 0.815. The molecule has 2 rings (SSSR count). The number of H-pyrrole nitrogens is 1. The Labute approximate surface area is 104 Å². The molecule has 0 spiro atoms. The summed E-state index contributed by atoms with van der Waals surface area (Å²) in [5, 5.41) is 0.784. The molecule has 1 aromatic heterocycles. The molecule has 0 saturated carbocycles. The number of aromatic nitrogens is 1. The molecule has 0 fully saturated rings. The third-order valence-electron chi connectivity index (χ3n) is 2.44. The second kappa shape index (κ2) is 4.08. The molecule has 0 amide bonds. The summed E-state index contributed by atoms with van der Waals surface area (Å²) < 4.78 is 37.6. The van der Waals surface area contributed by atoms with Crippen LogP contribution in [0.25, 0.3) is 10.9 Å². The van der Waals surface area contributed by atoms with Crippen LogP contribution in [0.1, 0.15) is 11.6 Å². The lowest BCUT2D eigenvalue weighted by Crippen LogP contribution is -2.28. The monoisotopic (exact) mass is 282 g/mol. The molecular formula is C10H7Cl2F3N2. The van der Waals surface area contributed by atoms with Crippen molar-refractivity contribution in [1.82, 2.24) is 4.98 Å². The fourth-order valence-corrected chi connectivity index (χ4v) is 1.90. The summed E-state index contributed by atoms with van der Waals surface area (Å²) in [6.07, 6.45) is -3.28. The maximum absolute atomic E-state index is 12.5. The van der Waals surface area contributed by atoms with Gasteiger partial charge >= 0.3 is 6.18 Å². The van der Waals surface area contributed by atoms with Crippen LogP contribution in [-0.2, 0) is 0 Å². The molecule has 1 heterocycles. The Bertz CT molecular complexity index is 562. The molecule has 1 aromatic carbocycles. The highest BCUT2D eigenvalue weighted by Crippen LogP contribution is 2.36. The molecule has 92 valence electrons. The molecule has 0 saturated heterocycles. The average Bonchev–Trinajstić information content (AvgIpc) is 2.59. The standard InChI is InChI=1S/C10H7Cl2F3N2/c11-6-1-4-5(9(16)10(13,14)15)3-17-8(4)2-7(6)12/h1-3,9,17H,16H2. The largest absolute Gasteiger partial charge is 0.407 e. The van der Waals surface area contributed by atoms with Gasteiger partial charge in [0.1, 0.15) is 6.04 Å². The van der Waals surface area contributed by atoms with Gasteiger partial charge < -0.3 is 10.7 Å². The molecule has 17 heavy (non-hydrogen) atoms. The average molecular weight is 283 g/mol. The molecule has 2 nitrogen and oxygen atoms in total. The van der Waals surface area contributed by atoms with Crippen LogP contribution in [0, 0.1) is 0 Å². The number of nitrogens with two attached hydrogens (primary N) is 1. The van der Waals surface area contributed by atoms with Crippen molar-refractivity contribution in [2.45, 2.75) is 12.2 Å². The van der Waals surface area contributed by atoms with Crippen LogP contribution in [0.3, 0.4) is 0 Å². The van der Waals surface area contributed by atoms with E-state index < -0.39 is 12.2 Å². The summed E-state index contributed by atoms with van der Waals surface area (Å²) in [4.78, 5) is 2.69. The number of hydrogen-bond donors (Lipinski definition) is 2. The minimum atomic E-state index is -4.50. The van der Waals surface area contributed by atoms with Gasteiger partial charge in [-0.1, -0.05) is 23.2 Å². The van der Waals surface area contributed by atoms with Crippen molar-refractivity contribution in [3.63, 3.8) is 0 Å². The van der Waals surface area contributed by atoms with E-state index in [2.05, 4.69) is 4.98 Å². The van der Waals surface area contributed by atoms with E-state index in [1.807, 2.05) is 0 Å². The zero-order valence-electron chi connectivity index (χ0n) is 8.28. The minimum Gasteiger partial charge on any atom is -0.361 e. The molecule has 0 bridgehead atoms. The highest BCUT2D eigenvalue weighted by molar-refractivity contribution is 6.42. The molecule has 2 aromatic rings. The Kier molecular flexibility index (Phi) is 3.01. The number of alkyl halides is 3. The Hall–Kier alpha value is -0.910. The molecule has 0 aliphatic carbocycles. The van der Waals surface area contributed by atoms with E-state index in [-0.39, 0.29) is 15.6 Å². The van der Waals surface area contributed by atoms with Gasteiger partial charge in [-0.05, 0) is 12.1 Å². The van der Waals surface area contributed by atoms with Crippen LogP contribution in [-0.4, -0.2) is 11.2 Å². The van der Waals surface area contributed by atoms with E-state index in [4.69, 9.17) is 28.9 Å². The summed E-state index contributed by atoms with van der Waals surface area (Å²) in [5.41, 5.74) is 5.57. The van der Waals surface area contributed by atoms with E-state index in [9.17, 15) is 13.2 Å². The number of aromatic amines is 1. The third-order valence-corrected chi connectivity index (χ3v) is 3.16. The maximum Gasteiger partial charge on any atom is 0.407 e. The molecular weight excluding hydrogens is 276 g/mol. The first-order valence-corrected chi connectivity index (χ1v) is 5.34. The van der Waals surface area contributed by atoms with Gasteiger partial charge in [0.15, 0.2) is 0 Å². The van der Waals surface area contributed by atoms with Crippen molar-refractivity contribution in [2.24, 2.45) is 5.73 Å². The van der Waals surface area contributed by atoms with Gasteiger partial charge in [0, 0.05) is 22.7 Å². The number of halogens is 5. The van der Waals surface area contributed by atoms with E-state index >= 15 is 0 Å². The van der Waals surface area contributed by atoms with Crippen molar-refractivity contribution in [3.8, 4) is 0 Å². The lowest BCUT2D eigenvalue weighted by atomic mass is 10.1. The molecule has 0 aliphatic heterocycles. The number of nitrogens with one attached hydrogen (secondary N) is 1. The predicted molar refractivity (Wildman–Crippen MR) is 61.3 cm³/mol. The lowest BCUT2D eigenvalue weighted by Gasteiger charge is -2.14. The summed E-state index contributed by atoms with van der Waals surface area (Å²) in [6, 6.07) is 0.788. The minimum absolute atomic E-state index is 0.0499.